The molecule has 9 heteroatoms. The van der Waals surface area contributed by atoms with Crippen molar-refractivity contribution in [3.05, 3.63) is 82.9 Å². The van der Waals surface area contributed by atoms with Gasteiger partial charge in [0, 0.05) is 18.7 Å². The Morgan fingerprint density at radius 1 is 1.09 bits per heavy atom. The second-order valence-electron chi connectivity index (χ2n) is 8.65. The van der Waals surface area contributed by atoms with Gasteiger partial charge in [0.2, 0.25) is 5.91 Å². The Morgan fingerprint density at radius 3 is 2.46 bits per heavy atom. The van der Waals surface area contributed by atoms with Gasteiger partial charge in [-0.2, -0.15) is 0 Å². The van der Waals surface area contributed by atoms with E-state index in [0.717, 1.165) is 16.7 Å². The second kappa shape index (κ2) is 9.61. The lowest BCUT2D eigenvalue weighted by atomic mass is 9.92. The summed E-state index contributed by atoms with van der Waals surface area (Å²) in [7, 11) is 2.81. The van der Waals surface area contributed by atoms with Crippen LogP contribution in [0.25, 0.3) is 0 Å². The van der Waals surface area contributed by atoms with Crippen LogP contribution >= 0.6 is 0 Å². The van der Waals surface area contributed by atoms with Gasteiger partial charge in [-0.05, 0) is 31.0 Å². The van der Waals surface area contributed by atoms with Crippen molar-refractivity contribution in [3.63, 3.8) is 0 Å². The van der Waals surface area contributed by atoms with Crippen LogP contribution in [0.2, 0.25) is 0 Å². The smallest absolute Gasteiger partial charge is 0.359 e. The molecule has 4 rings (SSSR count). The standard InChI is InChI=1S/C26H28N4O5/c1-17-9-5-6-11-19(17)14-30-23(31)22-21(24(32)35-4)28-16-29(22)15-26(30,2)25(33)27-13-18-10-7-8-12-20(18)34-3/h5-12,16H,13-15H2,1-4H3,(H,27,33). The molecule has 1 aliphatic heterocycles. The highest BCUT2D eigenvalue weighted by Crippen LogP contribution is 2.31. The van der Waals surface area contributed by atoms with Gasteiger partial charge < -0.3 is 24.3 Å². The summed E-state index contributed by atoms with van der Waals surface area (Å²) in [6.07, 6.45) is 1.40. The van der Waals surface area contributed by atoms with Crippen molar-refractivity contribution in [1.29, 1.82) is 0 Å². The van der Waals surface area contributed by atoms with Crippen LogP contribution in [0.3, 0.4) is 0 Å². The molecule has 0 saturated carbocycles. The monoisotopic (exact) mass is 476 g/mol. The molecule has 0 saturated heterocycles. The van der Waals surface area contributed by atoms with Crippen LogP contribution in [0.1, 0.15) is 44.6 Å². The number of methoxy groups -OCH3 is 2. The Kier molecular flexibility index (Phi) is 6.59. The molecular weight excluding hydrogens is 448 g/mol. The van der Waals surface area contributed by atoms with Gasteiger partial charge >= 0.3 is 5.97 Å². The number of rotatable bonds is 7. The normalized spacial score (nSPS) is 17.0. The average Bonchev–Trinajstić information content (AvgIpc) is 3.29. The molecule has 35 heavy (non-hydrogen) atoms. The molecule has 3 aromatic rings. The van der Waals surface area contributed by atoms with E-state index in [1.165, 1.54) is 18.3 Å². The Morgan fingerprint density at radius 2 is 1.77 bits per heavy atom. The molecule has 2 heterocycles. The van der Waals surface area contributed by atoms with Crippen LogP contribution < -0.4 is 10.1 Å². The molecule has 1 unspecified atom stereocenters. The number of hydrogen-bond acceptors (Lipinski definition) is 6. The number of amides is 2. The number of carbonyl (C=O) groups is 3. The highest BCUT2D eigenvalue weighted by molar-refractivity contribution is 6.06. The fraction of sp³-hybridized carbons (Fsp3) is 0.308. The van der Waals surface area contributed by atoms with E-state index in [9.17, 15) is 14.4 Å². The summed E-state index contributed by atoms with van der Waals surface area (Å²) in [4.78, 5) is 45.3. The third-order valence-corrected chi connectivity index (χ3v) is 6.45. The highest BCUT2D eigenvalue weighted by Gasteiger charge is 2.49. The van der Waals surface area contributed by atoms with E-state index in [1.807, 2.05) is 55.5 Å². The molecule has 182 valence electrons. The molecule has 0 bridgehead atoms. The number of para-hydroxylation sites is 1. The van der Waals surface area contributed by atoms with E-state index < -0.39 is 17.4 Å². The van der Waals surface area contributed by atoms with Gasteiger partial charge in [0.1, 0.15) is 17.0 Å². The number of nitrogens with one attached hydrogen (secondary N) is 1. The fourth-order valence-corrected chi connectivity index (χ4v) is 4.35. The zero-order valence-electron chi connectivity index (χ0n) is 20.2. The van der Waals surface area contributed by atoms with E-state index in [0.29, 0.717) is 5.75 Å². The first kappa shape index (κ1) is 24.0. The predicted molar refractivity (Wildman–Crippen MR) is 128 cm³/mol. The Labute approximate surface area is 203 Å². The van der Waals surface area contributed by atoms with Gasteiger partial charge in [0.05, 0.1) is 27.1 Å². The largest absolute Gasteiger partial charge is 0.496 e. The van der Waals surface area contributed by atoms with Crippen molar-refractivity contribution in [3.8, 4) is 5.75 Å². The van der Waals surface area contributed by atoms with E-state index >= 15 is 0 Å². The van der Waals surface area contributed by atoms with Crippen molar-refractivity contribution >= 4 is 17.8 Å². The predicted octanol–water partition coefficient (Wildman–Crippen LogP) is 2.72. The molecular formula is C26H28N4O5. The molecule has 1 atom stereocenters. The summed E-state index contributed by atoms with van der Waals surface area (Å²) >= 11 is 0. The number of hydrogen-bond donors (Lipinski definition) is 1. The number of aromatic nitrogens is 2. The number of fused-ring (bicyclic) bond motifs is 1. The highest BCUT2D eigenvalue weighted by atomic mass is 16.5. The lowest BCUT2D eigenvalue weighted by Crippen LogP contribution is -2.63. The summed E-state index contributed by atoms with van der Waals surface area (Å²) in [5.41, 5.74) is 1.50. The van der Waals surface area contributed by atoms with Crippen molar-refractivity contribution in [2.75, 3.05) is 14.2 Å². The molecule has 2 aromatic carbocycles. The van der Waals surface area contributed by atoms with Gasteiger partial charge in [-0.15, -0.1) is 0 Å². The van der Waals surface area contributed by atoms with Gasteiger partial charge in [-0.25, -0.2) is 9.78 Å². The first-order valence-electron chi connectivity index (χ1n) is 11.2. The number of esters is 1. The molecule has 9 nitrogen and oxygen atoms in total. The Bertz CT molecular complexity index is 1280. The molecule has 0 fully saturated rings. The number of carbonyl (C=O) groups excluding carboxylic acids is 3. The first-order chi connectivity index (χ1) is 16.8. The first-order valence-corrected chi connectivity index (χ1v) is 11.2. The van der Waals surface area contributed by atoms with E-state index in [-0.39, 0.29) is 36.9 Å². The van der Waals surface area contributed by atoms with Gasteiger partial charge in [0.15, 0.2) is 5.69 Å². The Balaban J connectivity index is 1.71. The van der Waals surface area contributed by atoms with Crippen molar-refractivity contribution in [1.82, 2.24) is 19.8 Å². The van der Waals surface area contributed by atoms with E-state index in [4.69, 9.17) is 9.47 Å². The summed E-state index contributed by atoms with van der Waals surface area (Å²) in [6.45, 7) is 4.22. The topological polar surface area (TPSA) is 103 Å². The van der Waals surface area contributed by atoms with Crippen molar-refractivity contribution < 1.29 is 23.9 Å². The summed E-state index contributed by atoms with van der Waals surface area (Å²) in [5, 5.41) is 2.97. The molecule has 1 aromatic heterocycles. The van der Waals surface area contributed by atoms with Gasteiger partial charge in [0.25, 0.3) is 5.91 Å². The molecule has 0 spiro atoms. The minimum atomic E-state index is -1.25. The number of nitrogens with zero attached hydrogens (tertiary/aromatic N) is 3. The van der Waals surface area contributed by atoms with Crippen LogP contribution in [-0.2, 0) is 29.2 Å². The summed E-state index contributed by atoms with van der Waals surface area (Å²) in [5.74, 6) is -0.835. The molecule has 0 aliphatic carbocycles. The van der Waals surface area contributed by atoms with E-state index in [2.05, 4.69) is 10.3 Å². The lowest BCUT2D eigenvalue weighted by molar-refractivity contribution is -0.133. The quantitative estimate of drug-likeness (QED) is 0.526. The second-order valence-corrected chi connectivity index (χ2v) is 8.65. The lowest BCUT2D eigenvalue weighted by Gasteiger charge is -2.44. The van der Waals surface area contributed by atoms with Crippen LogP contribution in [0.15, 0.2) is 54.9 Å². The molecule has 1 N–H and O–H groups in total. The Hall–Kier alpha value is -4.14. The SMILES string of the molecule is COC(=O)c1ncn2c1C(=O)N(Cc1ccccc1C)C(C)(C(=O)NCc1ccccc1OC)C2. The third kappa shape index (κ3) is 4.37. The number of aryl methyl sites for hydroxylation is 1. The van der Waals surface area contributed by atoms with Crippen LogP contribution in [0.5, 0.6) is 5.75 Å². The minimum Gasteiger partial charge on any atom is -0.496 e. The maximum absolute atomic E-state index is 13.8. The number of imidazole rings is 1. The van der Waals surface area contributed by atoms with Crippen LogP contribution in [0.4, 0.5) is 0 Å². The van der Waals surface area contributed by atoms with Crippen molar-refractivity contribution in [2.24, 2.45) is 0 Å². The fourth-order valence-electron chi connectivity index (χ4n) is 4.35. The molecule has 1 aliphatic rings. The van der Waals surface area contributed by atoms with Gasteiger partial charge in [-0.1, -0.05) is 42.5 Å². The zero-order valence-corrected chi connectivity index (χ0v) is 20.2. The maximum Gasteiger partial charge on any atom is 0.359 e. The molecule has 0 radical (unpaired) electrons. The summed E-state index contributed by atoms with van der Waals surface area (Å²) < 4.78 is 11.7. The van der Waals surface area contributed by atoms with Gasteiger partial charge in [-0.3, -0.25) is 9.59 Å². The van der Waals surface area contributed by atoms with Crippen LogP contribution in [0, 0.1) is 6.92 Å². The number of benzene rings is 2. The minimum absolute atomic E-state index is 0.0660. The van der Waals surface area contributed by atoms with E-state index in [1.54, 1.807) is 18.6 Å². The van der Waals surface area contributed by atoms with Crippen LogP contribution in [-0.4, -0.2) is 52.0 Å². The van der Waals surface area contributed by atoms with Crippen molar-refractivity contribution in [2.45, 2.75) is 39.0 Å². The maximum atomic E-state index is 13.8. The average molecular weight is 477 g/mol. The summed E-state index contributed by atoms with van der Waals surface area (Å²) in [6, 6.07) is 15.1. The molecule has 2 amide bonds. The zero-order chi connectivity index (χ0) is 25.2. The third-order valence-electron chi connectivity index (χ3n) is 6.45. The number of ether oxygens (including phenoxy) is 2.